The second-order valence-electron chi connectivity index (χ2n) is 8.57. The standard InChI is InChI=1S/C25H25F2N3O7/c1-25(24(33)29-11-15-17(35-3)7-6-16(26)19(15)27)12-36-20-14-5-4-13(22(28)31)10-18(14)37-21(20)23(32)30(25)8-9-34-2/h4-7,10H,8-9,11-12H2,1-3H3,(H2,28,31)(H,29,33). The zero-order valence-electron chi connectivity index (χ0n) is 20.4. The molecule has 4 rings (SSSR count). The van der Waals surface area contributed by atoms with Crippen LogP contribution in [0.1, 0.15) is 33.4 Å². The number of hydrogen-bond acceptors (Lipinski definition) is 7. The Balaban J connectivity index is 1.68. The van der Waals surface area contributed by atoms with Crippen molar-refractivity contribution in [1.82, 2.24) is 10.2 Å². The molecule has 1 atom stereocenters. The number of benzene rings is 2. The van der Waals surface area contributed by atoms with Gasteiger partial charge in [-0.15, -0.1) is 0 Å². The van der Waals surface area contributed by atoms with Gasteiger partial charge in [-0.1, -0.05) is 0 Å². The van der Waals surface area contributed by atoms with Gasteiger partial charge in [0.25, 0.3) is 5.91 Å². The molecule has 3 aromatic rings. The summed E-state index contributed by atoms with van der Waals surface area (Å²) in [7, 11) is 2.73. The third-order valence-electron chi connectivity index (χ3n) is 6.27. The molecule has 1 unspecified atom stereocenters. The fourth-order valence-electron chi connectivity index (χ4n) is 4.16. The molecule has 10 nitrogen and oxygen atoms in total. The highest BCUT2D eigenvalue weighted by molar-refractivity contribution is 6.06. The molecule has 0 radical (unpaired) electrons. The number of amides is 3. The fraction of sp³-hybridized carbons (Fsp3) is 0.320. The lowest BCUT2D eigenvalue weighted by molar-refractivity contribution is -0.133. The van der Waals surface area contributed by atoms with Crippen LogP contribution in [0.2, 0.25) is 0 Å². The van der Waals surface area contributed by atoms with Crippen LogP contribution in [0.4, 0.5) is 8.78 Å². The van der Waals surface area contributed by atoms with Crippen molar-refractivity contribution in [2.75, 3.05) is 34.0 Å². The molecule has 1 aliphatic rings. The first-order valence-electron chi connectivity index (χ1n) is 11.2. The minimum Gasteiger partial charge on any atom is -0.496 e. The van der Waals surface area contributed by atoms with Gasteiger partial charge in [-0.3, -0.25) is 14.4 Å². The molecule has 0 aliphatic carbocycles. The van der Waals surface area contributed by atoms with Crippen LogP contribution in [0.15, 0.2) is 34.7 Å². The summed E-state index contributed by atoms with van der Waals surface area (Å²) in [6, 6.07) is 6.57. The van der Waals surface area contributed by atoms with Crippen molar-refractivity contribution in [3.05, 3.63) is 58.9 Å². The number of nitrogens with one attached hydrogen (secondary N) is 1. The number of rotatable bonds is 8. The lowest BCUT2D eigenvalue weighted by Crippen LogP contribution is -2.61. The Kier molecular flexibility index (Phi) is 7.03. The van der Waals surface area contributed by atoms with Crippen LogP contribution in [-0.2, 0) is 16.1 Å². The van der Waals surface area contributed by atoms with E-state index in [1.165, 1.54) is 50.3 Å². The summed E-state index contributed by atoms with van der Waals surface area (Å²) in [5.74, 6) is -4.28. The lowest BCUT2D eigenvalue weighted by Gasteiger charge is -2.37. The Hall–Kier alpha value is -4.19. The van der Waals surface area contributed by atoms with E-state index in [0.29, 0.717) is 5.39 Å². The average molecular weight is 517 g/mol. The summed E-state index contributed by atoms with van der Waals surface area (Å²) in [6.45, 7) is 0.853. The Morgan fingerprint density at radius 3 is 2.65 bits per heavy atom. The van der Waals surface area contributed by atoms with E-state index in [1.54, 1.807) is 0 Å². The Bertz CT molecular complexity index is 1390. The second-order valence-corrected chi connectivity index (χ2v) is 8.57. The monoisotopic (exact) mass is 517 g/mol. The van der Waals surface area contributed by atoms with Crippen LogP contribution in [0.5, 0.6) is 11.5 Å². The third kappa shape index (κ3) is 4.55. The summed E-state index contributed by atoms with van der Waals surface area (Å²) in [5.41, 5.74) is 3.95. The number of fused-ring (bicyclic) bond motifs is 3. The van der Waals surface area contributed by atoms with Crippen LogP contribution >= 0.6 is 0 Å². The van der Waals surface area contributed by atoms with Crippen molar-refractivity contribution in [2.24, 2.45) is 5.73 Å². The number of furan rings is 1. The molecule has 0 spiro atoms. The van der Waals surface area contributed by atoms with Crippen LogP contribution in [-0.4, -0.2) is 62.1 Å². The van der Waals surface area contributed by atoms with Gasteiger partial charge < -0.3 is 34.6 Å². The maximum Gasteiger partial charge on any atom is 0.294 e. The van der Waals surface area contributed by atoms with Crippen molar-refractivity contribution in [1.29, 1.82) is 0 Å². The molecule has 0 saturated heterocycles. The van der Waals surface area contributed by atoms with E-state index in [1.807, 2.05) is 0 Å². The fourth-order valence-corrected chi connectivity index (χ4v) is 4.16. The normalized spacial score (nSPS) is 17.2. The summed E-state index contributed by atoms with van der Waals surface area (Å²) in [4.78, 5) is 39.8. The first kappa shape index (κ1) is 25.9. The smallest absolute Gasteiger partial charge is 0.294 e. The van der Waals surface area contributed by atoms with Crippen molar-refractivity contribution < 1.29 is 41.8 Å². The number of ether oxygens (including phenoxy) is 3. The molecule has 3 amide bonds. The molecule has 196 valence electrons. The number of hydrogen-bond donors (Lipinski definition) is 2. The maximum absolute atomic E-state index is 14.4. The summed E-state index contributed by atoms with van der Waals surface area (Å²) < 4.78 is 50.1. The Morgan fingerprint density at radius 2 is 1.97 bits per heavy atom. The zero-order valence-corrected chi connectivity index (χ0v) is 20.4. The number of halogens is 2. The van der Waals surface area contributed by atoms with Crippen molar-refractivity contribution in [3.8, 4) is 11.5 Å². The molecule has 1 aliphatic heterocycles. The van der Waals surface area contributed by atoms with E-state index in [9.17, 15) is 23.2 Å². The molecule has 37 heavy (non-hydrogen) atoms. The highest BCUT2D eigenvalue weighted by Gasteiger charge is 2.47. The number of methoxy groups -OCH3 is 2. The zero-order chi connectivity index (χ0) is 26.9. The maximum atomic E-state index is 14.4. The molecule has 2 heterocycles. The van der Waals surface area contributed by atoms with E-state index < -0.39 is 41.4 Å². The van der Waals surface area contributed by atoms with Crippen LogP contribution in [0.3, 0.4) is 0 Å². The first-order chi connectivity index (χ1) is 17.6. The van der Waals surface area contributed by atoms with Gasteiger partial charge in [0.1, 0.15) is 17.9 Å². The molecule has 3 N–H and O–H groups in total. The summed E-state index contributed by atoms with van der Waals surface area (Å²) in [6.07, 6.45) is 0. The molecule has 0 bridgehead atoms. The van der Waals surface area contributed by atoms with E-state index in [-0.39, 0.29) is 53.7 Å². The number of primary amides is 1. The van der Waals surface area contributed by atoms with E-state index in [2.05, 4.69) is 5.32 Å². The molecular formula is C25H25F2N3O7. The Morgan fingerprint density at radius 1 is 1.22 bits per heavy atom. The van der Waals surface area contributed by atoms with Gasteiger partial charge in [-0.2, -0.15) is 0 Å². The van der Waals surface area contributed by atoms with Gasteiger partial charge in [0, 0.05) is 25.8 Å². The Labute approximate surface area is 210 Å². The predicted molar refractivity (Wildman–Crippen MR) is 126 cm³/mol. The minimum absolute atomic E-state index is 0.0106. The van der Waals surface area contributed by atoms with Crippen LogP contribution in [0, 0.1) is 11.6 Å². The van der Waals surface area contributed by atoms with Gasteiger partial charge >= 0.3 is 0 Å². The number of carbonyl (C=O) groups excluding carboxylic acids is 3. The van der Waals surface area contributed by atoms with Gasteiger partial charge in [0.15, 0.2) is 22.9 Å². The summed E-state index contributed by atoms with van der Waals surface area (Å²) in [5, 5.41) is 2.97. The molecule has 1 aromatic heterocycles. The highest BCUT2D eigenvalue weighted by Crippen LogP contribution is 2.38. The van der Waals surface area contributed by atoms with Crippen molar-refractivity contribution >= 4 is 28.7 Å². The SMILES string of the molecule is COCCN1C(=O)c2oc3cc(C(N)=O)ccc3c2OCC1(C)C(=O)NCc1c(OC)ccc(F)c1F. The lowest BCUT2D eigenvalue weighted by atomic mass is 9.99. The topological polar surface area (TPSA) is 133 Å². The largest absolute Gasteiger partial charge is 0.496 e. The number of carbonyl (C=O) groups is 3. The third-order valence-corrected chi connectivity index (χ3v) is 6.27. The van der Waals surface area contributed by atoms with E-state index in [0.717, 1.165) is 6.07 Å². The molecule has 2 aromatic carbocycles. The van der Waals surface area contributed by atoms with Crippen molar-refractivity contribution in [3.63, 3.8) is 0 Å². The molecule has 0 fully saturated rings. The van der Waals surface area contributed by atoms with Gasteiger partial charge in [0.2, 0.25) is 17.6 Å². The first-order valence-corrected chi connectivity index (χ1v) is 11.2. The minimum atomic E-state index is -1.59. The van der Waals surface area contributed by atoms with Gasteiger partial charge in [-0.05, 0) is 37.3 Å². The summed E-state index contributed by atoms with van der Waals surface area (Å²) >= 11 is 0. The molecule has 0 saturated carbocycles. The average Bonchev–Trinajstić information content (AvgIpc) is 3.21. The molecular weight excluding hydrogens is 492 g/mol. The number of nitrogens with two attached hydrogens (primary N) is 1. The van der Waals surface area contributed by atoms with Crippen LogP contribution in [0.25, 0.3) is 11.0 Å². The van der Waals surface area contributed by atoms with Gasteiger partial charge in [0.05, 0.1) is 24.7 Å². The molecule has 12 heteroatoms. The quantitative estimate of drug-likeness (QED) is 0.469. The number of nitrogens with zero attached hydrogens (tertiary/aromatic N) is 1. The predicted octanol–water partition coefficient (Wildman–Crippen LogP) is 2.37. The van der Waals surface area contributed by atoms with Gasteiger partial charge in [-0.25, -0.2) is 8.78 Å². The van der Waals surface area contributed by atoms with Crippen LogP contribution < -0.4 is 20.5 Å². The van der Waals surface area contributed by atoms with E-state index >= 15 is 0 Å². The second kappa shape index (κ2) is 10.1. The highest BCUT2D eigenvalue weighted by atomic mass is 19.2. The van der Waals surface area contributed by atoms with Crippen molar-refractivity contribution in [2.45, 2.75) is 19.0 Å². The van der Waals surface area contributed by atoms with E-state index in [4.69, 9.17) is 24.4 Å².